The molecule has 0 atom stereocenters. The highest BCUT2D eigenvalue weighted by atomic mass is 32.2. The molecule has 158 valence electrons. The van der Waals surface area contributed by atoms with E-state index in [1.165, 1.54) is 30.2 Å². The van der Waals surface area contributed by atoms with Crippen molar-refractivity contribution in [2.45, 2.75) is 25.6 Å². The molecule has 0 saturated heterocycles. The molecule has 1 aromatic carbocycles. The van der Waals surface area contributed by atoms with Crippen molar-refractivity contribution in [3.63, 3.8) is 0 Å². The average Bonchev–Trinajstić information content (AvgIpc) is 3.30. The fraction of sp³-hybridized carbons (Fsp3) is 0.300. The number of methoxy groups -OCH3 is 1. The lowest BCUT2D eigenvalue weighted by molar-refractivity contribution is -0.113. The number of carbonyl (C=O) groups is 2. The van der Waals surface area contributed by atoms with Crippen LogP contribution >= 0.6 is 23.1 Å². The molecular weight excluding hydrogens is 424 g/mol. The molecule has 8 nitrogen and oxygen atoms in total. The van der Waals surface area contributed by atoms with E-state index in [1.807, 2.05) is 33.0 Å². The van der Waals surface area contributed by atoms with Crippen LogP contribution in [0.4, 0.5) is 5.00 Å². The Morgan fingerprint density at radius 3 is 2.63 bits per heavy atom. The number of aromatic nitrogens is 3. The van der Waals surface area contributed by atoms with Crippen LogP contribution in [0.15, 0.2) is 34.8 Å². The van der Waals surface area contributed by atoms with Crippen LogP contribution in [-0.4, -0.2) is 39.5 Å². The third-order valence-electron chi connectivity index (χ3n) is 4.14. The second-order valence-corrected chi connectivity index (χ2v) is 8.42. The van der Waals surface area contributed by atoms with Crippen molar-refractivity contribution in [1.29, 1.82) is 0 Å². The molecule has 0 aliphatic carbocycles. The zero-order valence-electron chi connectivity index (χ0n) is 17.1. The second kappa shape index (κ2) is 9.77. The number of thiophene rings is 1. The molecule has 1 N–H and O–H groups in total. The van der Waals surface area contributed by atoms with Crippen LogP contribution in [0.3, 0.4) is 0 Å². The van der Waals surface area contributed by atoms with Crippen LogP contribution in [0.2, 0.25) is 0 Å². The highest BCUT2D eigenvalue weighted by Crippen LogP contribution is 2.25. The summed E-state index contributed by atoms with van der Waals surface area (Å²) >= 11 is 2.52. The summed E-state index contributed by atoms with van der Waals surface area (Å²) in [7, 11) is 3.13. The summed E-state index contributed by atoms with van der Waals surface area (Å²) in [5, 5.41) is 13.8. The number of carbonyl (C=O) groups excluding carboxylic acids is 2. The SMILES string of the molecule is COC(=O)c1ccsc1NC(=O)CSc1nnc(COc2cc(C)cc(C)c2)n1C. The molecule has 0 bridgehead atoms. The molecule has 0 fully saturated rings. The summed E-state index contributed by atoms with van der Waals surface area (Å²) in [6.45, 7) is 4.31. The number of hydrogen-bond acceptors (Lipinski definition) is 8. The van der Waals surface area contributed by atoms with Gasteiger partial charge < -0.3 is 19.4 Å². The molecule has 3 aromatic rings. The minimum absolute atomic E-state index is 0.127. The van der Waals surface area contributed by atoms with Crippen molar-refractivity contribution < 1.29 is 19.1 Å². The van der Waals surface area contributed by atoms with E-state index in [2.05, 4.69) is 21.6 Å². The first kappa shape index (κ1) is 21.8. The summed E-state index contributed by atoms with van der Waals surface area (Å²) in [6.07, 6.45) is 0. The minimum atomic E-state index is -0.485. The van der Waals surface area contributed by atoms with Crippen LogP contribution in [0, 0.1) is 13.8 Å². The van der Waals surface area contributed by atoms with Crippen molar-refractivity contribution in [3.05, 3.63) is 52.2 Å². The van der Waals surface area contributed by atoms with Gasteiger partial charge in [-0.25, -0.2) is 4.79 Å². The second-order valence-electron chi connectivity index (χ2n) is 6.56. The summed E-state index contributed by atoms with van der Waals surface area (Å²) in [5.41, 5.74) is 2.60. The molecule has 0 aliphatic rings. The Hall–Kier alpha value is -2.85. The first-order valence-electron chi connectivity index (χ1n) is 9.05. The maximum Gasteiger partial charge on any atom is 0.340 e. The van der Waals surface area contributed by atoms with Crippen LogP contribution in [-0.2, 0) is 23.2 Å². The van der Waals surface area contributed by atoms with Gasteiger partial charge in [0.05, 0.1) is 18.4 Å². The molecule has 0 radical (unpaired) electrons. The van der Waals surface area contributed by atoms with Gasteiger partial charge in [-0.05, 0) is 48.6 Å². The van der Waals surface area contributed by atoms with E-state index in [-0.39, 0.29) is 18.3 Å². The Labute approximate surface area is 182 Å². The number of anilines is 1. The van der Waals surface area contributed by atoms with Crippen molar-refractivity contribution >= 4 is 40.0 Å². The molecule has 30 heavy (non-hydrogen) atoms. The Morgan fingerprint density at radius 1 is 1.20 bits per heavy atom. The van der Waals surface area contributed by atoms with Gasteiger partial charge in [0.2, 0.25) is 5.91 Å². The summed E-state index contributed by atoms with van der Waals surface area (Å²) in [6, 6.07) is 7.64. The minimum Gasteiger partial charge on any atom is -0.486 e. The van der Waals surface area contributed by atoms with E-state index in [4.69, 9.17) is 9.47 Å². The van der Waals surface area contributed by atoms with E-state index in [0.717, 1.165) is 16.9 Å². The van der Waals surface area contributed by atoms with Crippen LogP contribution in [0.25, 0.3) is 0 Å². The topological polar surface area (TPSA) is 95.3 Å². The smallest absolute Gasteiger partial charge is 0.340 e. The summed E-state index contributed by atoms with van der Waals surface area (Å²) < 4.78 is 12.3. The molecule has 1 amide bonds. The zero-order valence-corrected chi connectivity index (χ0v) is 18.7. The van der Waals surface area contributed by atoms with E-state index in [1.54, 1.807) is 16.0 Å². The van der Waals surface area contributed by atoms with E-state index in [9.17, 15) is 9.59 Å². The van der Waals surface area contributed by atoms with Gasteiger partial charge in [-0.2, -0.15) is 0 Å². The van der Waals surface area contributed by atoms with Crippen molar-refractivity contribution in [3.8, 4) is 5.75 Å². The van der Waals surface area contributed by atoms with Crippen molar-refractivity contribution in [1.82, 2.24) is 14.8 Å². The van der Waals surface area contributed by atoms with Gasteiger partial charge in [0.25, 0.3) is 0 Å². The number of nitrogens with zero attached hydrogens (tertiary/aromatic N) is 3. The number of esters is 1. The predicted molar refractivity (Wildman–Crippen MR) is 116 cm³/mol. The molecule has 0 unspecified atom stereocenters. The number of amides is 1. The van der Waals surface area contributed by atoms with Crippen LogP contribution < -0.4 is 10.1 Å². The lowest BCUT2D eigenvalue weighted by atomic mass is 10.1. The Bertz CT molecular complexity index is 1040. The quantitative estimate of drug-likeness (QED) is 0.417. The molecule has 2 aromatic heterocycles. The van der Waals surface area contributed by atoms with Crippen molar-refractivity contribution in [2.24, 2.45) is 7.05 Å². The third-order valence-corrected chi connectivity index (χ3v) is 5.99. The number of ether oxygens (including phenoxy) is 2. The zero-order chi connectivity index (χ0) is 21.7. The van der Waals surface area contributed by atoms with Gasteiger partial charge in [0.15, 0.2) is 11.0 Å². The van der Waals surface area contributed by atoms with Gasteiger partial charge in [0, 0.05) is 7.05 Å². The maximum absolute atomic E-state index is 12.3. The average molecular weight is 447 g/mol. The number of benzene rings is 1. The van der Waals surface area contributed by atoms with Gasteiger partial charge >= 0.3 is 5.97 Å². The third kappa shape index (κ3) is 5.39. The van der Waals surface area contributed by atoms with Gasteiger partial charge in [0.1, 0.15) is 17.4 Å². The normalized spacial score (nSPS) is 10.7. The lowest BCUT2D eigenvalue weighted by Gasteiger charge is -2.08. The number of hydrogen-bond donors (Lipinski definition) is 1. The highest BCUT2D eigenvalue weighted by Gasteiger charge is 2.17. The first-order valence-corrected chi connectivity index (χ1v) is 10.9. The Morgan fingerprint density at radius 2 is 1.93 bits per heavy atom. The Balaban J connectivity index is 1.55. The molecule has 3 rings (SSSR count). The molecule has 10 heteroatoms. The van der Waals surface area contributed by atoms with Crippen molar-refractivity contribution in [2.75, 3.05) is 18.2 Å². The molecule has 0 aliphatic heterocycles. The monoisotopic (exact) mass is 446 g/mol. The number of thioether (sulfide) groups is 1. The van der Waals surface area contributed by atoms with E-state index in [0.29, 0.717) is 21.5 Å². The fourth-order valence-corrected chi connectivity index (χ4v) is 4.25. The Kier molecular flexibility index (Phi) is 7.11. The van der Waals surface area contributed by atoms with Crippen LogP contribution in [0.1, 0.15) is 27.3 Å². The van der Waals surface area contributed by atoms with Crippen LogP contribution in [0.5, 0.6) is 5.75 Å². The first-order chi connectivity index (χ1) is 14.4. The largest absolute Gasteiger partial charge is 0.486 e. The van der Waals surface area contributed by atoms with E-state index < -0.39 is 5.97 Å². The number of rotatable bonds is 8. The van der Waals surface area contributed by atoms with Gasteiger partial charge in [-0.1, -0.05) is 17.8 Å². The predicted octanol–water partition coefficient (Wildman–Crippen LogP) is 3.59. The standard InChI is InChI=1S/C20H22N4O4S2/c1-12-7-13(2)9-14(8-12)28-10-16-22-23-20(24(16)3)30-11-17(25)21-18-15(5-6-29-18)19(26)27-4/h5-9H,10-11H2,1-4H3,(H,21,25). The highest BCUT2D eigenvalue weighted by molar-refractivity contribution is 7.99. The lowest BCUT2D eigenvalue weighted by Crippen LogP contribution is -2.16. The molecule has 0 spiro atoms. The fourth-order valence-electron chi connectivity index (χ4n) is 2.73. The van der Waals surface area contributed by atoms with Gasteiger partial charge in [-0.3, -0.25) is 4.79 Å². The molecule has 2 heterocycles. The molecular formula is C20H22N4O4S2. The maximum atomic E-state index is 12.3. The molecule has 0 saturated carbocycles. The summed E-state index contributed by atoms with van der Waals surface area (Å²) in [4.78, 5) is 24.0. The van der Waals surface area contributed by atoms with Gasteiger partial charge in [-0.15, -0.1) is 21.5 Å². The number of nitrogens with one attached hydrogen (secondary N) is 1. The summed E-state index contributed by atoms with van der Waals surface area (Å²) in [5.74, 6) is 0.830. The number of aryl methyl sites for hydroxylation is 2. The van der Waals surface area contributed by atoms with E-state index >= 15 is 0 Å².